The van der Waals surface area contributed by atoms with E-state index < -0.39 is 0 Å². The molecule has 0 fully saturated rings. The van der Waals surface area contributed by atoms with Gasteiger partial charge in [0, 0.05) is 0 Å². The highest BCUT2D eigenvalue weighted by atomic mass is 16.5. The minimum atomic E-state index is -0.322. The Morgan fingerprint density at radius 3 is 2.89 bits per heavy atom. The summed E-state index contributed by atoms with van der Waals surface area (Å²) in [5.41, 5.74) is 0. The van der Waals surface area contributed by atoms with E-state index in [0.29, 0.717) is 0 Å². The zero-order valence-corrected chi connectivity index (χ0v) is 5.60. The second-order valence-corrected chi connectivity index (χ2v) is 1.32. The summed E-state index contributed by atoms with van der Waals surface area (Å²) in [7, 11) is 0. The van der Waals surface area contributed by atoms with Crippen LogP contribution in [-0.4, -0.2) is 12.6 Å². The summed E-state index contributed by atoms with van der Waals surface area (Å²) in [5.74, 6) is 4.88. The minimum Gasteiger partial charge on any atom is -0.452 e. The summed E-state index contributed by atoms with van der Waals surface area (Å²) in [6.45, 7) is 3.52. The molecule has 2 heteroatoms. The summed E-state index contributed by atoms with van der Waals surface area (Å²) in [6.07, 6.45) is 1.36. The van der Waals surface area contributed by atoms with Crippen molar-refractivity contribution in [2.24, 2.45) is 0 Å². The van der Waals surface area contributed by atoms with E-state index in [9.17, 15) is 4.79 Å². The first kappa shape index (κ1) is 8.03. The number of ether oxygens (including phenoxy) is 1. The Hall–Kier alpha value is -0.970. The third-order valence-electron chi connectivity index (χ3n) is 0.699. The minimum absolute atomic E-state index is 0.194. The molecule has 0 bridgehead atoms. The van der Waals surface area contributed by atoms with Crippen LogP contribution in [0.4, 0.5) is 0 Å². The van der Waals surface area contributed by atoms with Crippen LogP contribution in [0.1, 0.15) is 13.8 Å². The summed E-state index contributed by atoms with van der Waals surface area (Å²) in [6, 6.07) is 0. The van der Waals surface area contributed by atoms with Crippen LogP contribution in [0.25, 0.3) is 0 Å². The average Bonchev–Trinajstić information content (AvgIpc) is 1.89. The normalized spacial score (nSPS) is 7.33. The van der Waals surface area contributed by atoms with Crippen molar-refractivity contribution in [3.63, 3.8) is 0 Å². The van der Waals surface area contributed by atoms with Crippen LogP contribution in [0.2, 0.25) is 0 Å². The van der Waals surface area contributed by atoms with Crippen LogP contribution >= 0.6 is 0 Å². The lowest BCUT2D eigenvalue weighted by atomic mass is 10.5. The zero-order valence-electron chi connectivity index (χ0n) is 5.60. The fourth-order valence-electron chi connectivity index (χ4n) is 0.263. The van der Waals surface area contributed by atoms with Crippen molar-refractivity contribution in [3.05, 3.63) is 6.42 Å². The largest absolute Gasteiger partial charge is 0.452 e. The monoisotopic (exact) mass is 125 g/mol. The molecular formula is C7H9O2. The number of hydrogen-bond donors (Lipinski definition) is 0. The van der Waals surface area contributed by atoms with E-state index in [1.54, 1.807) is 13.8 Å². The van der Waals surface area contributed by atoms with Gasteiger partial charge in [-0.3, -0.25) is 4.79 Å². The van der Waals surface area contributed by atoms with Gasteiger partial charge in [0.1, 0.15) is 0 Å². The van der Waals surface area contributed by atoms with Crippen molar-refractivity contribution in [3.8, 4) is 11.8 Å². The van der Waals surface area contributed by atoms with E-state index in [-0.39, 0.29) is 12.6 Å². The number of rotatable bonds is 2. The van der Waals surface area contributed by atoms with Crippen LogP contribution in [0.3, 0.4) is 0 Å². The molecule has 9 heavy (non-hydrogen) atoms. The van der Waals surface area contributed by atoms with E-state index in [1.807, 2.05) is 0 Å². The summed E-state index contributed by atoms with van der Waals surface area (Å²) >= 11 is 0. The van der Waals surface area contributed by atoms with Gasteiger partial charge in [-0.05, 0) is 6.92 Å². The standard InChI is InChI=1S/C7H9O2/c1-3-5-6-9-7(8)4-2/h4H,6H2,1-2H3. The van der Waals surface area contributed by atoms with Crippen LogP contribution in [0, 0.1) is 18.3 Å². The van der Waals surface area contributed by atoms with Crippen molar-refractivity contribution < 1.29 is 9.53 Å². The number of carbonyl (C=O) groups is 1. The molecule has 0 rings (SSSR count). The van der Waals surface area contributed by atoms with Crippen LogP contribution in [0.5, 0.6) is 0 Å². The van der Waals surface area contributed by atoms with Crippen molar-refractivity contribution in [2.45, 2.75) is 13.8 Å². The first-order valence-electron chi connectivity index (χ1n) is 2.67. The molecule has 0 unspecified atom stereocenters. The maximum Gasteiger partial charge on any atom is 0.310 e. The molecule has 2 nitrogen and oxygen atoms in total. The molecule has 49 valence electrons. The Kier molecular flexibility index (Phi) is 4.61. The molecule has 0 aromatic carbocycles. The first-order chi connectivity index (χ1) is 4.31. The van der Waals surface area contributed by atoms with E-state index in [0.717, 1.165) is 0 Å². The topological polar surface area (TPSA) is 26.3 Å². The molecular weight excluding hydrogens is 116 g/mol. The van der Waals surface area contributed by atoms with Crippen molar-refractivity contribution in [1.82, 2.24) is 0 Å². The van der Waals surface area contributed by atoms with E-state index in [1.165, 1.54) is 6.42 Å². The van der Waals surface area contributed by atoms with Crippen molar-refractivity contribution in [1.29, 1.82) is 0 Å². The molecule has 0 amide bonds. The Labute approximate surface area is 55.2 Å². The van der Waals surface area contributed by atoms with Crippen LogP contribution < -0.4 is 0 Å². The van der Waals surface area contributed by atoms with Crippen LogP contribution in [0.15, 0.2) is 0 Å². The molecule has 0 spiro atoms. The summed E-state index contributed by atoms with van der Waals surface area (Å²) in [4.78, 5) is 10.3. The fraction of sp³-hybridized carbons (Fsp3) is 0.429. The molecule has 0 N–H and O–H groups in total. The Morgan fingerprint density at radius 1 is 1.78 bits per heavy atom. The highest BCUT2D eigenvalue weighted by Crippen LogP contribution is 1.79. The quantitative estimate of drug-likeness (QED) is 0.402. The molecule has 0 heterocycles. The van der Waals surface area contributed by atoms with Gasteiger partial charge in [0.25, 0.3) is 0 Å². The van der Waals surface area contributed by atoms with Gasteiger partial charge in [-0.1, -0.05) is 12.8 Å². The van der Waals surface area contributed by atoms with E-state index >= 15 is 0 Å². The Bertz CT molecular complexity index is 139. The molecule has 0 saturated carbocycles. The summed E-state index contributed by atoms with van der Waals surface area (Å²) in [5, 5.41) is 0. The van der Waals surface area contributed by atoms with Gasteiger partial charge in [0.2, 0.25) is 0 Å². The second-order valence-electron chi connectivity index (χ2n) is 1.32. The lowest BCUT2D eigenvalue weighted by molar-refractivity contribution is -0.137. The molecule has 1 radical (unpaired) electrons. The third-order valence-corrected chi connectivity index (χ3v) is 0.699. The number of esters is 1. The smallest absolute Gasteiger partial charge is 0.310 e. The van der Waals surface area contributed by atoms with Gasteiger partial charge in [0.15, 0.2) is 6.61 Å². The molecule has 0 atom stereocenters. The first-order valence-corrected chi connectivity index (χ1v) is 2.67. The zero-order chi connectivity index (χ0) is 7.11. The molecule has 0 aliphatic carbocycles. The van der Waals surface area contributed by atoms with Gasteiger partial charge < -0.3 is 4.74 Å². The van der Waals surface area contributed by atoms with Gasteiger partial charge >= 0.3 is 5.97 Å². The SMILES string of the molecule is CC#CCOC(=O)[CH]C. The molecule has 0 aliphatic heterocycles. The predicted octanol–water partition coefficient (Wildman–Crippen LogP) is 0.777. The van der Waals surface area contributed by atoms with Gasteiger partial charge in [-0.2, -0.15) is 0 Å². The molecule has 0 aromatic heterocycles. The van der Waals surface area contributed by atoms with Crippen molar-refractivity contribution >= 4 is 5.97 Å². The Balaban J connectivity index is 3.24. The fourth-order valence-corrected chi connectivity index (χ4v) is 0.263. The lowest BCUT2D eigenvalue weighted by Crippen LogP contribution is -2.02. The lowest BCUT2D eigenvalue weighted by Gasteiger charge is -1.93. The van der Waals surface area contributed by atoms with E-state index in [4.69, 9.17) is 0 Å². The van der Waals surface area contributed by atoms with Crippen molar-refractivity contribution in [2.75, 3.05) is 6.61 Å². The number of hydrogen-bond acceptors (Lipinski definition) is 2. The maximum absolute atomic E-state index is 10.3. The van der Waals surface area contributed by atoms with E-state index in [2.05, 4.69) is 16.6 Å². The highest BCUT2D eigenvalue weighted by molar-refractivity contribution is 5.78. The van der Waals surface area contributed by atoms with Crippen LogP contribution in [-0.2, 0) is 9.53 Å². The number of carbonyl (C=O) groups excluding carboxylic acids is 1. The third kappa shape index (κ3) is 4.89. The van der Waals surface area contributed by atoms with Gasteiger partial charge in [-0.15, -0.1) is 5.92 Å². The predicted molar refractivity (Wildman–Crippen MR) is 34.4 cm³/mol. The maximum atomic E-state index is 10.3. The second kappa shape index (κ2) is 5.17. The molecule has 0 aromatic rings. The van der Waals surface area contributed by atoms with Gasteiger partial charge in [-0.25, -0.2) is 0 Å². The molecule has 0 saturated heterocycles. The van der Waals surface area contributed by atoms with Gasteiger partial charge in [0.05, 0.1) is 6.42 Å². The highest BCUT2D eigenvalue weighted by Gasteiger charge is 1.93. The summed E-state index contributed by atoms with van der Waals surface area (Å²) < 4.78 is 4.56. The average molecular weight is 125 g/mol. The Morgan fingerprint density at radius 2 is 2.44 bits per heavy atom. The molecule has 0 aliphatic rings.